The minimum atomic E-state index is 0. The maximum atomic E-state index is 8.91. The molecular weight excluding hydrogens is 547 g/mol. The quantitative estimate of drug-likeness (QED) is 0.142. The van der Waals surface area contributed by atoms with Crippen LogP contribution < -0.4 is 24.8 Å². The zero-order valence-electron chi connectivity index (χ0n) is 24.5. The van der Waals surface area contributed by atoms with Gasteiger partial charge in [-0.3, -0.25) is 0 Å². The third kappa shape index (κ3) is 39.6. The van der Waals surface area contributed by atoms with Gasteiger partial charge in [-0.2, -0.15) is 0 Å². The summed E-state index contributed by atoms with van der Waals surface area (Å²) in [4.78, 5) is 0. The first-order valence-corrected chi connectivity index (χ1v) is 14.1. The molecule has 0 saturated heterocycles. The molecule has 0 fully saturated rings. The highest BCUT2D eigenvalue weighted by Gasteiger charge is 2.13. The molecule has 0 atom stereocenters. The van der Waals surface area contributed by atoms with Crippen LogP contribution in [-0.2, 0) is 0 Å². The Bertz CT molecular complexity index is 343. The molecule has 0 aliphatic carbocycles. The lowest BCUT2D eigenvalue weighted by Gasteiger charge is -2.28. The molecule has 0 saturated carbocycles. The smallest absolute Gasteiger partial charge is 0.102 e. The second-order valence-electron chi connectivity index (χ2n) is 11.2. The molecule has 0 rings (SSSR count). The second kappa shape index (κ2) is 32.9. The third-order valence-corrected chi connectivity index (χ3v) is 6.64. The number of unbranched alkanes of at least 4 members (excludes halogenated alkanes) is 14. The Kier molecular flexibility index (Phi) is 43.1. The molecule has 0 aliphatic heterocycles. The van der Waals surface area contributed by atoms with Gasteiger partial charge in [0, 0.05) is 0 Å². The van der Waals surface area contributed by atoms with Crippen LogP contribution in [0, 0.1) is 0 Å². The van der Waals surface area contributed by atoms with E-state index in [0.717, 1.165) is 22.1 Å². The Morgan fingerprint density at radius 1 is 0.400 bits per heavy atom. The first-order chi connectivity index (χ1) is 15.2. The van der Waals surface area contributed by atoms with Gasteiger partial charge in [0.15, 0.2) is 0 Å². The van der Waals surface area contributed by atoms with Crippen molar-refractivity contribution in [3.63, 3.8) is 0 Å². The van der Waals surface area contributed by atoms with E-state index in [1.165, 1.54) is 116 Å². The summed E-state index contributed by atoms with van der Waals surface area (Å²) in [7, 11) is 8.82. The number of aliphatic hydroxyl groups is 2. The number of rotatable bonds is 22. The van der Waals surface area contributed by atoms with Crippen molar-refractivity contribution in [3.8, 4) is 0 Å². The first kappa shape index (κ1) is 45.8. The fraction of sp³-hybridized carbons (Fsp3) is 1.00. The minimum Gasteiger partial charge on any atom is -1.00 e. The number of nitrogens with zero attached hydrogens (tertiary/aromatic N) is 2. The summed E-state index contributed by atoms with van der Waals surface area (Å²) in [6, 6.07) is 0. The van der Waals surface area contributed by atoms with E-state index in [2.05, 4.69) is 42.0 Å². The Hall–Kier alpha value is 0.900. The number of hydrogen-bond donors (Lipinski definition) is 2. The molecule has 0 bridgehead atoms. The van der Waals surface area contributed by atoms with Gasteiger partial charge < -0.3 is 44.0 Å². The van der Waals surface area contributed by atoms with Crippen molar-refractivity contribution in [2.75, 3.05) is 67.6 Å². The second-order valence-corrected chi connectivity index (χ2v) is 11.2. The number of aliphatic hydroxyl groups excluding tert-OH is 2. The average Bonchev–Trinajstić information content (AvgIpc) is 2.72. The summed E-state index contributed by atoms with van der Waals surface area (Å²) in [5, 5.41) is 17.8. The van der Waals surface area contributed by atoms with Gasteiger partial charge in [-0.05, 0) is 25.7 Å². The van der Waals surface area contributed by atoms with Gasteiger partial charge in [0.1, 0.15) is 13.1 Å². The van der Waals surface area contributed by atoms with Crippen LogP contribution in [0.25, 0.3) is 0 Å². The molecule has 0 heterocycles. The van der Waals surface area contributed by atoms with Crippen LogP contribution in [0.4, 0.5) is 0 Å². The molecule has 7 heteroatoms. The Balaban J connectivity index is -0.000000158. The number of likely N-dealkylation sites (N-methyl/N-ethyl adjacent to an activating group) is 2. The van der Waals surface area contributed by atoms with E-state index in [0.29, 0.717) is 13.2 Å². The van der Waals surface area contributed by atoms with Crippen LogP contribution in [0.5, 0.6) is 0 Å². The van der Waals surface area contributed by atoms with Crippen LogP contribution in [0.2, 0.25) is 0 Å². The summed E-state index contributed by atoms with van der Waals surface area (Å²) < 4.78 is 1.93. The van der Waals surface area contributed by atoms with Crippen LogP contribution >= 0.6 is 17.0 Å². The SMILES string of the molecule is Br.CCCCCCCCCC[N+](C)(C)CCO.CCCCCCCCCC[N+](C)(C)CCO.[Cl-].[Cl-]. The largest absolute Gasteiger partial charge is 1.00 e. The fourth-order valence-electron chi connectivity index (χ4n) is 4.11. The van der Waals surface area contributed by atoms with Crippen molar-refractivity contribution >= 4 is 17.0 Å². The highest BCUT2D eigenvalue weighted by Crippen LogP contribution is 2.11. The standard InChI is InChI=1S/2C14H32NO.BrH.2ClH/c2*1-4-5-6-7-8-9-10-11-12-15(2,3)13-14-16;;;/h2*16H,4-14H2,1-3H3;3*1H/q2*+1;;;/p-2. The van der Waals surface area contributed by atoms with Crippen molar-refractivity contribution in [2.45, 2.75) is 117 Å². The summed E-state index contributed by atoms with van der Waals surface area (Å²) in [6.45, 7) is 9.33. The normalized spacial score (nSPS) is 11.0. The Labute approximate surface area is 244 Å². The van der Waals surface area contributed by atoms with Crippen molar-refractivity contribution in [1.29, 1.82) is 0 Å². The van der Waals surface area contributed by atoms with E-state index < -0.39 is 0 Å². The summed E-state index contributed by atoms with van der Waals surface area (Å²) in [6.07, 6.45) is 22.1. The monoisotopic (exact) mass is 610 g/mol. The molecule has 0 aromatic heterocycles. The molecule has 0 aromatic rings. The Morgan fingerprint density at radius 3 is 0.857 bits per heavy atom. The summed E-state index contributed by atoms with van der Waals surface area (Å²) >= 11 is 0. The van der Waals surface area contributed by atoms with Crippen molar-refractivity contribution in [1.82, 2.24) is 0 Å². The average molecular weight is 613 g/mol. The van der Waals surface area contributed by atoms with Crippen molar-refractivity contribution in [2.24, 2.45) is 0 Å². The van der Waals surface area contributed by atoms with Crippen LogP contribution in [0.3, 0.4) is 0 Å². The molecule has 0 aromatic carbocycles. The summed E-state index contributed by atoms with van der Waals surface area (Å²) in [5.74, 6) is 0. The number of halogens is 3. The highest BCUT2D eigenvalue weighted by molar-refractivity contribution is 8.93. The molecule has 0 spiro atoms. The lowest BCUT2D eigenvalue weighted by Crippen LogP contribution is -3.00. The molecule has 0 unspecified atom stereocenters. The summed E-state index contributed by atoms with van der Waals surface area (Å²) in [5.41, 5.74) is 0. The van der Waals surface area contributed by atoms with E-state index in [1.807, 2.05) is 0 Å². The van der Waals surface area contributed by atoms with Gasteiger partial charge in [0.2, 0.25) is 0 Å². The Morgan fingerprint density at radius 2 is 0.629 bits per heavy atom. The van der Waals surface area contributed by atoms with E-state index >= 15 is 0 Å². The lowest BCUT2D eigenvalue weighted by molar-refractivity contribution is -0.890. The predicted molar refractivity (Wildman–Crippen MR) is 153 cm³/mol. The van der Waals surface area contributed by atoms with E-state index in [-0.39, 0.29) is 41.8 Å². The number of hydrogen-bond acceptors (Lipinski definition) is 2. The predicted octanol–water partition coefficient (Wildman–Crippen LogP) is 0.978. The fourth-order valence-corrected chi connectivity index (χ4v) is 4.11. The molecule has 35 heavy (non-hydrogen) atoms. The highest BCUT2D eigenvalue weighted by atomic mass is 79.9. The van der Waals surface area contributed by atoms with Crippen LogP contribution in [0.1, 0.15) is 117 Å². The topological polar surface area (TPSA) is 40.5 Å². The van der Waals surface area contributed by atoms with E-state index in [4.69, 9.17) is 10.2 Å². The van der Waals surface area contributed by atoms with Gasteiger partial charge in [0.25, 0.3) is 0 Å². The molecule has 2 N–H and O–H groups in total. The first-order valence-electron chi connectivity index (χ1n) is 14.1. The van der Waals surface area contributed by atoms with Crippen LogP contribution in [-0.4, -0.2) is 86.8 Å². The third-order valence-electron chi connectivity index (χ3n) is 6.64. The van der Waals surface area contributed by atoms with Gasteiger partial charge in [-0.25, -0.2) is 0 Å². The van der Waals surface area contributed by atoms with Gasteiger partial charge >= 0.3 is 0 Å². The van der Waals surface area contributed by atoms with E-state index in [9.17, 15) is 0 Å². The van der Waals surface area contributed by atoms with Gasteiger partial charge in [-0.15, -0.1) is 17.0 Å². The molecule has 0 aliphatic rings. The van der Waals surface area contributed by atoms with Crippen molar-refractivity contribution < 1.29 is 44.0 Å². The van der Waals surface area contributed by atoms with Gasteiger partial charge in [0.05, 0.1) is 54.5 Å². The maximum Gasteiger partial charge on any atom is 0.102 e. The molecule has 0 radical (unpaired) electrons. The minimum absolute atomic E-state index is 0. The molecular formula is C28H65BrCl2N2O2. The zero-order chi connectivity index (χ0) is 24.6. The molecule has 220 valence electrons. The number of quaternary nitrogens is 2. The lowest BCUT2D eigenvalue weighted by atomic mass is 10.1. The van der Waals surface area contributed by atoms with E-state index in [1.54, 1.807) is 0 Å². The van der Waals surface area contributed by atoms with Gasteiger partial charge in [-0.1, -0.05) is 90.9 Å². The maximum absolute atomic E-state index is 8.91. The zero-order valence-corrected chi connectivity index (χ0v) is 27.7. The van der Waals surface area contributed by atoms with Crippen molar-refractivity contribution in [3.05, 3.63) is 0 Å². The molecule has 4 nitrogen and oxygen atoms in total. The molecule has 0 amide bonds. The van der Waals surface area contributed by atoms with Crippen LogP contribution in [0.15, 0.2) is 0 Å².